The highest BCUT2D eigenvalue weighted by atomic mass is 32.2. The van der Waals surface area contributed by atoms with Crippen LogP contribution in [0, 0.1) is 6.92 Å². The maximum Gasteiger partial charge on any atom is 0.287 e. The molecule has 0 aliphatic rings. The molecule has 0 aliphatic heterocycles. The van der Waals surface area contributed by atoms with E-state index in [-0.39, 0.29) is 24.0 Å². The molecule has 2 rings (SSSR count). The second-order valence-corrected chi connectivity index (χ2v) is 6.56. The molecule has 1 aromatic carbocycles. The summed E-state index contributed by atoms with van der Waals surface area (Å²) in [6.07, 6.45) is 0. The molecule has 2 N–H and O–H groups in total. The lowest BCUT2D eigenvalue weighted by Crippen LogP contribution is -2.27. The van der Waals surface area contributed by atoms with E-state index in [9.17, 15) is 13.2 Å². The van der Waals surface area contributed by atoms with Crippen LogP contribution in [0.15, 0.2) is 45.9 Å². The number of aryl methyl sites for hydroxylation is 1. The van der Waals surface area contributed by atoms with Gasteiger partial charge >= 0.3 is 0 Å². The lowest BCUT2D eigenvalue weighted by atomic mass is 10.2. The quantitative estimate of drug-likeness (QED) is 0.742. The molecule has 23 heavy (non-hydrogen) atoms. The summed E-state index contributed by atoms with van der Waals surface area (Å²) in [7, 11) is -2.43. The van der Waals surface area contributed by atoms with Gasteiger partial charge in [-0.1, -0.05) is 17.7 Å². The molecular formula is C15H18N2O5S. The van der Waals surface area contributed by atoms with Crippen LogP contribution >= 0.6 is 0 Å². The normalized spacial score (nSPS) is 11.2. The Hall–Kier alpha value is -2.32. The largest absolute Gasteiger partial charge is 0.492 e. The average molecular weight is 338 g/mol. The Bertz CT molecular complexity index is 765. The van der Waals surface area contributed by atoms with E-state index >= 15 is 0 Å². The number of ether oxygens (including phenoxy) is 1. The highest BCUT2D eigenvalue weighted by Gasteiger charge is 2.19. The van der Waals surface area contributed by atoms with Crippen LogP contribution in [0.3, 0.4) is 0 Å². The van der Waals surface area contributed by atoms with Crippen molar-refractivity contribution in [3.05, 3.63) is 47.7 Å². The van der Waals surface area contributed by atoms with Gasteiger partial charge in [0.25, 0.3) is 15.9 Å². The molecule has 1 heterocycles. The van der Waals surface area contributed by atoms with Crippen molar-refractivity contribution in [3.63, 3.8) is 0 Å². The Labute approximate surface area is 134 Å². The van der Waals surface area contributed by atoms with E-state index in [4.69, 9.17) is 9.15 Å². The number of amides is 1. The Morgan fingerprint density at radius 3 is 2.52 bits per heavy atom. The van der Waals surface area contributed by atoms with E-state index in [0.29, 0.717) is 5.75 Å². The zero-order chi connectivity index (χ0) is 16.9. The lowest BCUT2D eigenvalue weighted by Gasteiger charge is -2.07. The minimum Gasteiger partial charge on any atom is -0.492 e. The summed E-state index contributed by atoms with van der Waals surface area (Å²) in [5.74, 6) is 0.134. The van der Waals surface area contributed by atoms with Crippen molar-refractivity contribution in [1.82, 2.24) is 10.0 Å². The highest BCUT2D eigenvalue weighted by Crippen LogP contribution is 2.13. The van der Waals surface area contributed by atoms with Crippen molar-refractivity contribution in [3.8, 4) is 5.75 Å². The van der Waals surface area contributed by atoms with Crippen molar-refractivity contribution in [2.24, 2.45) is 0 Å². The number of carbonyl (C=O) groups is 1. The molecule has 1 aromatic heterocycles. The number of benzene rings is 1. The Balaban J connectivity index is 1.82. The monoisotopic (exact) mass is 338 g/mol. The molecule has 0 bridgehead atoms. The maximum absolute atomic E-state index is 11.9. The van der Waals surface area contributed by atoms with E-state index in [0.717, 1.165) is 5.56 Å². The second-order valence-electron chi connectivity index (χ2n) is 4.74. The SMILES string of the molecule is CNS(=O)(=O)c1ccc(C(=O)NCCOc2ccc(C)cc2)o1. The fourth-order valence-corrected chi connectivity index (χ4v) is 2.39. The molecule has 0 fully saturated rings. The summed E-state index contributed by atoms with van der Waals surface area (Å²) in [5.41, 5.74) is 1.13. The number of hydrogen-bond donors (Lipinski definition) is 2. The molecule has 0 unspecified atom stereocenters. The summed E-state index contributed by atoms with van der Waals surface area (Å²) in [6, 6.07) is 10.1. The number of rotatable bonds is 7. The summed E-state index contributed by atoms with van der Waals surface area (Å²) < 4.78 is 35.7. The van der Waals surface area contributed by atoms with Gasteiger partial charge in [-0.15, -0.1) is 0 Å². The lowest BCUT2D eigenvalue weighted by molar-refractivity contribution is 0.0914. The number of carbonyl (C=O) groups excluding carboxylic acids is 1. The molecule has 0 radical (unpaired) electrons. The predicted molar refractivity (Wildman–Crippen MR) is 84.0 cm³/mol. The van der Waals surface area contributed by atoms with Gasteiger partial charge in [0.2, 0.25) is 5.09 Å². The van der Waals surface area contributed by atoms with Crippen LogP contribution in [0.2, 0.25) is 0 Å². The fourth-order valence-electron chi connectivity index (χ4n) is 1.74. The highest BCUT2D eigenvalue weighted by molar-refractivity contribution is 7.89. The van der Waals surface area contributed by atoms with E-state index in [2.05, 4.69) is 10.0 Å². The maximum atomic E-state index is 11.9. The molecular weight excluding hydrogens is 320 g/mol. The summed E-state index contributed by atoms with van der Waals surface area (Å²) in [4.78, 5) is 11.9. The van der Waals surface area contributed by atoms with Crippen molar-refractivity contribution in [2.45, 2.75) is 12.0 Å². The summed E-state index contributed by atoms with van der Waals surface area (Å²) in [6.45, 7) is 2.54. The Morgan fingerprint density at radius 2 is 1.87 bits per heavy atom. The number of sulfonamides is 1. The first kappa shape index (κ1) is 17.0. The van der Waals surface area contributed by atoms with E-state index < -0.39 is 15.9 Å². The Morgan fingerprint density at radius 1 is 1.17 bits per heavy atom. The van der Waals surface area contributed by atoms with Gasteiger partial charge in [-0.25, -0.2) is 13.1 Å². The van der Waals surface area contributed by atoms with E-state index in [1.807, 2.05) is 31.2 Å². The molecule has 2 aromatic rings. The van der Waals surface area contributed by atoms with Crippen molar-refractivity contribution < 1.29 is 22.4 Å². The molecule has 0 aliphatic carbocycles. The first-order chi connectivity index (χ1) is 10.9. The number of furan rings is 1. The van der Waals surface area contributed by atoms with Gasteiger partial charge in [-0.2, -0.15) is 0 Å². The molecule has 0 atom stereocenters. The molecule has 0 spiro atoms. The van der Waals surface area contributed by atoms with E-state index in [1.165, 1.54) is 19.2 Å². The summed E-state index contributed by atoms with van der Waals surface area (Å²) in [5, 5.41) is 2.29. The fraction of sp³-hybridized carbons (Fsp3) is 0.267. The summed E-state index contributed by atoms with van der Waals surface area (Å²) >= 11 is 0. The molecule has 0 saturated carbocycles. The van der Waals surface area contributed by atoms with Crippen molar-refractivity contribution in [1.29, 1.82) is 0 Å². The molecule has 1 amide bonds. The first-order valence-corrected chi connectivity index (χ1v) is 8.42. The molecule has 8 heteroatoms. The first-order valence-electron chi connectivity index (χ1n) is 6.93. The van der Waals surface area contributed by atoms with Crippen LogP contribution in [-0.2, 0) is 10.0 Å². The van der Waals surface area contributed by atoms with Crippen LogP contribution in [-0.4, -0.2) is 34.5 Å². The predicted octanol–water partition coefficient (Wildman–Crippen LogP) is 1.30. The van der Waals surface area contributed by atoms with Gasteiger partial charge < -0.3 is 14.5 Å². The third kappa shape index (κ3) is 4.57. The number of hydrogen-bond acceptors (Lipinski definition) is 5. The standard InChI is InChI=1S/C15H18N2O5S/c1-11-3-5-12(6-4-11)21-10-9-17-15(18)13-7-8-14(22-13)23(19,20)16-2/h3-8,16H,9-10H2,1-2H3,(H,17,18). The van der Waals surface area contributed by atoms with Gasteiger partial charge in [0.1, 0.15) is 12.4 Å². The van der Waals surface area contributed by atoms with Crippen molar-refractivity contribution >= 4 is 15.9 Å². The van der Waals surface area contributed by atoms with Gasteiger partial charge in [0.15, 0.2) is 5.76 Å². The smallest absolute Gasteiger partial charge is 0.287 e. The van der Waals surface area contributed by atoms with Crippen LogP contribution in [0.5, 0.6) is 5.75 Å². The zero-order valence-corrected chi connectivity index (χ0v) is 13.6. The molecule has 7 nitrogen and oxygen atoms in total. The van der Waals surface area contributed by atoms with Crippen LogP contribution < -0.4 is 14.8 Å². The van der Waals surface area contributed by atoms with Crippen LogP contribution in [0.25, 0.3) is 0 Å². The average Bonchev–Trinajstić information content (AvgIpc) is 3.04. The van der Waals surface area contributed by atoms with Gasteiger partial charge in [0.05, 0.1) is 6.54 Å². The zero-order valence-electron chi connectivity index (χ0n) is 12.8. The third-order valence-electron chi connectivity index (χ3n) is 3.02. The van der Waals surface area contributed by atoms with Gasteiger partial charge in [-0.3, -0.25) is 4.79 Å². The van der Waals surface area contributed by atoms with Crippen LogP contribution in [0.1, 0.15) is 16.1 Å². The van der Waals surface area contributed by atoms with Gasteiger partial charge in [-0.05, 0) is 38.2 Å². The molecule has 124 valence electrons. The Kier molecular flexibility index (Phi) is 5.41. The van der Waals surface area contributed by atoms with Gasteiger partial charge in [0, 0.05) is 0 Å². The van der Waals surface area contributed by atoms with Crippen LogP contribution in [0.4, 0.5) is 0 Å². The minimum atomic E-state index is -3.70. The second kappa shape index (κ2) is 7.30. The topological polar surface area (TPSA) is 97.6 Å². The minimum absolute atomic E-state index is 0.0749. The van der Waals surface area contributed by atoms with E-state index in [1.54, 1.807) is 0 Å². The van der Waals surface area contributed by atoms with Crippen molar-refractivity contribution in [2.75, 3.05) is 20.2 Å². The number of nitrogens with one attached hydrogen (secondary N) is 2. The third-order valence-corrected chi connectivity index (χ3v) is 4.30. The molecule has 0 saturated heterocycles.